The number of amides is 2. The maximum Gasteiger partial charge on any atom is 0.407 e. The fraction of sp³-hybridized carbons (Fsp3) is 0.806. The number of carbonyl (C=O) groups excluding carboxylic acids is 2. The minimum Gasteiger partial charge on any atom is -0.447 e. The lowest BCUT2D eigenvalue weighted by molar-refractivity contribution is -0.253. The Morgan fingerprint density at radius 3 is 1.57 bits per heavy atom. The summed E-state index contributed by atoms with van der Waals surface area (Å²) in [6.45, 7) is 2.92. The van der Waals surface area contributed by atoms with Gasteiger partial charge in [-0.15, -0.1) is 0 Å². The van der Waals surface area contributed by atoms with Gasteiger partial charge in [0.05, 0.1) is 12.2 Å². The summed E-state index contributed by atoms with van der Waals surface area (Å²) in [5.74, 6) is 0. The van der Waals surface area contributed by atoms with E-state index in [1.165, 1.54) is 97.0 Å². The van der Waals surface area contributed by atoms with Crippen molar-refractivity contribution in [3.8, 4) is 0 Å². The molecule has 1 aromatic rings. The molecule has 5 atom stereocenters. The summed E-state index contributed by atoms with van der Waals surface area (Å²) in [7, 11) is 4.62. The van der Waals surface area contributed by atoms with Crippen molar-refractivity contribution in [2.24, 2.45) is 0 Å². The molecule has 1 aromatic heterocycles. The smallest absolute Gasteiger partial charge is 0.407 e. The molecule has 11 heteroatoms. The molecule has 0 bridgehead atoms. The Kier molecular flexibility index (Phi) is 22.9. The van der Waals surface area contributed by atoms with Crippen molar-refractivity contribution in [3.63, 3.8) is 0 Å². The predicted molar refractivity (Wildman–Crippen MR) is 182 cm³/mol. The zero-order chi connectivity index (χ0) is 34.0. The second kappa shape index (κ2) is 26.5. The summed E-state index contributed by atoms with van der Waals surface area (Å²) in [5.41, 5.74) is 0.709. The van der Waals surface area contributed by atoms with Gasteiger partial charge in [-0.05, 0) is 18.6 Å². The summed E-state index contributed by atoms with van der Waals surface area (Å²) < 4.78 is 34.1. The molecule has 0 spiro atoms. The maximum atomic E-state index is 12.4. The van der Waals surface area contributed by atoms with Crippen molar-refractivity contribution < 1.29 is 38.0 Å². The second-order valence-corrected chi connectivity index (χ2v) is 12.4. The molecule has 1 aliphatic rings. The molecule has 2 amide bonds. The van der Waals surface area contributed by atoms with Gasteiger partial charge in [-0.2, -0.15) is 0 Å². The number of carbonyl (C=O) groups is 2. The standard InChI is InChI=1S/C36H63N3O8/c1-5-6-7-8-9-10-11-12-13-14-15-16-17-18-19-21-25-38-35(40)45-27-30-32(42-2)34(44-4)33(43-3)31(47-30)28-46-36(41)39-26-29-23-20-22-24-37-29/h20,22-24,30-34H,5-19,21,25-28H2,1-4H3,(H,38,40)(H,39,41)/t30-,31-,32+,33-,34-/m1/s1. The topological polar surface area (TPSA) is 126 Å². The van der Waals surface area contributed by atoms with Crippen LogP contribution in [-0.4, -0.2) is 88.8 Å². The van der Waals surface area contributed by atoms with Gasteiger partial charge < -0.3 is 39.1 Å². The number of methoxy groups -OCH3 is 3. The van der Waals surface area contributed by atoms with Crippen LogP contribution in [0.25, 0.3) is 0 Å². The normalized spacial score (nSPS) is 20.9. The van der Waals surface area contributed by atoms with Crippen LogP contribution in [0.1, 0.15) is 115 Å². The summed E-state index contributed by atoms with van der Waals surface area (Å²) in [6.07, 6.45) is 18.4. The Balaban J connectivity index is 1.58. The van der Waals surface area contributed by atoms with Crippen molar-refractivity contribution in [2.45, 2.75) is 147 Å². The molecule has 2 N–H and O–H groups in total. The maximum absolute atomic E-state index is 12.4. The van der Waals surface area contributed by atoms with E-state index in [1.54, 1.807) is 32.5 Å². The number of nitrogens with one attached hydrogen (secondary N) is 2. The molecular weight excluding hydrogens is 602 g/mol. The van der Waals surface area contributed by atoms with Gasteiger partial charge in [-0.3, -0.25) is 4.98 Å². The Bertz CT molecular complexity index is 925. The van der Waals surface area contributed by atoms with Crippen LogP contribution in [0, 0.1) is 0 Å². The highest BCUT2D eigenvalue weighted by molar-refractivity contribution is 5.67. The van der Waals surface area contributed by atoms with Crippen molar-refractivity contribution in [2.75, 3.05) is 41.1 Å². The third-order valence-corrected chi connectivity index (χ3v) is 8.74. The highest BCUT2D eigenvalue weighted by atomic mass is 16.6. The minimum absolute atomic E-state index is 0.0536. The molecule has 0 aromatic carbocycles. The molecule has 11 nitrogen and oxygen atoms in total. The summed E-state index contributed by atoms with van der Waals surface area (Å²) in [5, 5.41) is 5.50. The molecule has 0 aliphatic carbocycles. The van der Waals surface area contributed by atoms with Crippen LogP contribution in [-0.2, 0) is 35.0 Å². The first kappa shape index (κ1) is 40.7. The number of unbranched alkanes of at least 4 members (excludes halogenated alkanes) is 15. The van der Waals surface area contributed by atoms with E-state index in [1.807, 2.05) is 6.07 Å². The van der Waals surface area contributed by atoms with Crippen LogP contribution in [0.5, 0.6) is 0 Å². The quantitative estimate of drug-likeness (QED) is 0.0996. The minimum atomic E-state index is -0.668. The van der Waals surface area contributed by atoms with E-state index in [0.29, 0.717) is 12.2 Å². The van der Waals surface area contributed by atoms with Crippen molar-refractivity contribution in [1.82, 2.24) is 15.6 Å². The van der Waals surface area contributed by atoms with E-state index in [-0.39, 0.29) is 19.8 Å². The Morgan fingerprint density at radius 2 is 1.13 bits per heavy atom. The lowest BCUT2D eigenvalue weighted by atomic mass is 9.94. The molecule has 1 aliphatic heterocycles. The third-order valence-electron chi connectivity index (χ3n) is 8.74. The predicted octanol–water partition coefficient (Wildman–Crippen LogP) is 7.11. The fourth-order valence-corrected chi connectivity index (χ4v) is 6.04. The molecule has 1 saturated heterocycles. The average Bonchev–Trinajstić information content (AvgIpc) is 3.09. The highest BCUT2D eigenvalue weighted by Crippen LogP contribution is 2.28. The molecule has 2 rings (SSSR count). The van der Waals surface area contributed by atoms with Gasteiger partial charge in [0, 0.05) is 34.1 Å². The van der Waals surface area contributed by atoms with Crippen LogP contribution in [0.3, 0.4) is 0 Å². The number of hydrogen-bond acceptors (Lipinski definition) is 9. The van der Waals surface area contributed by atoms with Crippen LogP contribution in [0.15, 0.2) is 24.4 Å². The SMILES string of the molecule is CCCCCCCCCCCCCCCCCCNC(=O)OC[C@H]1O[C@H](COC(=O)NCc2ccccn2)[C@@H](OC)[C@H](OC)[C@H]1OC. The number of rotatable bonds is 26. The number of aromatic nitrogens is 1. The zero-order valence-electron chi connectivity index (χ0n) is 29.6. The van der Waals surface area contributed by atoms with Gasteiger partial charge in [0.2, 0.25) is 0 Å². The van der Waals surface area contributed by atoms with E-state index in [9.17, 15) is 9.59 Å². The summed E-state index contributed by atoms with van der Waals surface area (Å²) >= 11 is 0. The lowest BCUT2D eigenvalue weighted by Crippen LogP contribution is -2.62. The molecule has 1 fully saturated rings. The first-order valence-corrected chi connectivity index (χ1v) is 18.0. The number of hydrogen-bond donors (Lipinski definition) is 2. The number of nitrogens with zero attached hydrogens (tertiary/aromatic N) is 1. The van der Waals surface area contributed by atoms with Gasteiger partial charge in [-0.1, -0.05) is 109 Å². The largest absolute Gasteiger partial charge is 0.447 e. The van der Waals surface area contributed by atoms with Gasteiger partial charge in [0.15, 0.2) is 0 Å². The van der Waals surface area contributed by atoms with Gasteiger partial charge in [0.25, 0.3) is 0 Å². The fourth-order valence-electron chi connectivity index (χ4n) is 6.04. The summed E-state index contributed by atoms with van der Waals surface area (Å²) in [6, 6.07) is 5.45. The first-order chi connectivity index (χ1) is 23.0. The van der Waals surface area contributed by atoms with Gasteiger partial charge in [-0.25, -0.2) is 9.59 Å². The summed E-state index contributed by atoms with van der Waals surface area (Å²) in [4.78, 5) is 28.9. The Hall–Kier alpha value is -2.47. The van der Waals surface area contributed by atoms with Crippen LogP contribution >= 0.6 is 0 Å². The van der Waals surface area contributed by atoms with E-state index in [0.717, 1.165) is 12.8 Å². The molecule has 0 unspecified atom stereocenters. The van der Waals surface area contributed by atoms with Gasteiger partial charge in [0.1, 0.15) is 43.7 Å². The third kappa shape index (κ3) is 17.5. The van der Waals surface area contributed by atoms with E-state index in [4.69, 9.17) is 28.4 Å². The Morgan fingerprint density at radius 1 is 0.660 bits per heavy atom. The van der Waals surface area contributed by atoms with E-state index < -0.39 is 42.7 Å². The number of pyridine rings is 1. The van der Waals surface area contributed by atoms with Crippen molar-refractivity contribution in [3.05, 3.63) is 30.1 Å². The van der Waals surface area contributed by atoms with E-state index in [2.05, 4.69) is 22.5 Å². The Labute approximate surface area is 283 Å². The molecule has 0 saturated carbocycles. The lowest BCUT2D eigenvalue weighted by Gasteiger charge is -2.44. The molecule has 47 heavy (non-hydrogen) atoms. The van der Waals surface area contributed by atoms with Crippen LogP contribution in [0.2, 0.25) is 0 Å². The molecule has 270 valence electrons. The number of ether oxygens (including phenoxy) is 6. The zero-order valence-corrected chi connectivity index (χ0v) is 29.6. The van der Waals surface area contributed by atoms with Crippen LogP contribution < -0.4 is 10.6 Å². The van der Waals surface area contributed by atoms with Crippen LogP contribution in [0.4, 0.5) is 9.59 Å². The second-order valence-electron chi connectivity index (χ2n) is 12.4. The van der Waals surface area contributed by atoms with Crippen molar-refractivity contribution >= 4 is 12.2 Å². The number of alkyl carbamates (subject to hydrolysis) is 2. The first-order valence-electron chi connectivity index (χ1n) is 18.0. The average molecular weight is 666 g/mol. The highest BCUT2D eigenvalue weighted by Gasteiger charge is 2.47. The molecular formula is C36H63N3O8. The molecule has 0 radical (unpaired) electrons. The van der Waals surface area contributed by atoms with E-state index >= 15 is 0 Å². The van der Waals surface area contributed by atoms with Gasteiger partial charge >= 0.3 is 12.2 Å². The monoisotopic (exact) mass is 665 g/mol. The molecule has 2 heterocycles. The van der Waals surface area contributed by atoms with Crippen molar-refractivity contribution in [1.29, 1.82) is 0 Å².